The van der Waals surface area contributed by atoms with E-state index < -0.39 is 12.1 Å². The summed E-state index contributed by atoms with van der Waals surface area (Å²) in [6.45, 7) is 2.16. The first-order valence-corrected chi connectivity index (χ1v) is 12.0. The molecule has 2 aromatic rings. The second-order valence-electron chi connectivity index (χ2n) is 8.33. The molecule has 0 spiro atoms. The molecule has 5 heteroatoms. The van der Waals surface area contributed by atoms with Gasteiger partial charge in [0.15, 0.2) is 0 Å². The first-order valence-electron chi connectivity index (χ1n) is 11.2. The third-order valence-corrected chi connectivity index (χ3v) is 7.30. The Hall–Kier alpha value is -2.42. The Kier molecular flexibility index (Phi) is 8.45. The van der Waals surface area contributed by atoms with Gasteiger partial charge in [0.05, 0.1) is 18.1 Å². The molecular formula is C26H31NO3S. The number of aliphatic hydroxyl groups excluding tert-OH is 1. The van der Waals surface area contributed by atoms with Crippen LogP contribution in [0.1, 0.15) is 83.6 Å². The number of allylic oxidation sites excluding steroid dienone is 2. The molecule has 1 aromatic carbocycles. The molecular weight excluding hydrogens is 406 g/mol. The normalized spacial score (nSPS) is 19.1. The van der Waals surface area contributed by atoms with Gasteiger partial charge < -0.3 is 10.2 Å². The molecule has 1 aliphatic rings. The van der Waals surface area contributed by atoms with Crippen LogP contribution in [-0.2, 0) is 6.42 Å². The highest BCUT2D eigenvalue weighted by Crippen LogP contribution is 2.41. The van der Waals surface area contributed by atoms with Gasteiger partial charge in [-0.3, -0.25) is 0 Å². The van der Waals surface area contributed by atoms with E-state index in [1.54, 1.807) is 6.07 Å². The van der Waals surface area contributed by atoms with Crippen LogP contribution in [0.25, 0.3) is 5.57 Å². The van der Waals surface area contributed by atoms with Crippen LogP contribution in [0, 0.1) is 23.2 Å². The maximum Gasteiger partial charge on any atom is 0.345 e. The minimum atomic E-state index is -0.874. The van der Waals surface area contributed by atoms with Crippen LogP contribution < -0.4 is 0 Å². The average molecular weight is 438 g/mol. The fourth-order valence-corrected chi connectivity index (χ4v) is 5.28. The van der Waals surface area contributed by atoms with Gasteiger partial charge in [0.25, 0.3) is 0 Å². The van der Waals surface area contributed by atoms with Crippen LogP contribution in [0.2, 0.25) is 0 Å². The third-order valence-electron chi connectivity index (χ3n) is 6.16. The summed E-state index contributed by atoms with van der Waals surface area (Å²) in [6.07, 6.45) is 9.34. The van der Waals surface area contributed by atoms with Crippen LogP contribution in [0.5, 0.6) is 0 Å². The van der Waals surface area contributed by atoms with Crippen LogP contribution >= 0.6 is 11.3 Å². The van der Waals surface area contributed by atoms with Crippen molar-refractivity contribution in [3.63, 3.8) is 0 Å². The number of nitrogens with zero attached hydrogens (tertiary/aromatic N) is 1. The monoisotopic (exact) mass is 437 g/mol. The fraction of sp³-hybridized carbons (Fsp3) is 0.462. The number of aromatic carboxylic acids is 1. The standard InChI is InChI=1S/C26H31NO3S/c1-2-3-4-8-24(28)19-11-9-18(10-12-19)23-15-13-20(17-27)22(23)7-5-6-21-14-16-25(31-21)26(29)30/h9-12,14-16,20,22,24,28H,2-8,13H2,1H3,(H,29,30)/t20?,22-,24?/m0/s1. The lowest BCUT2D eigenvalue weighted by Gasteiger charge is -2.19. The Balaban J connectivity index is 1.61. The number of carbonyl (C=O) groups is 1. The van der Waals surface area contributed by atoms with Crippen LogP contribution in [0.3, 0.4) is 0 Å². The van der Waals surface area contributed by atoms with Crippen LogP contribution in [-0.4, -0.2) is 16.2 Å². The summed E-state index contributed by atoms with van der Waals surface area (Å²) in [4.78, 5) is 12.5. The van der Waals surface area contributed by atoms with Crippen molar-refractivity contribution in [2.75, 3.05) is 0 Å². The highest BCUT2D eigenvalue weighted by molar-refractivity contribution is 7.13. The summed E-state index contributed by atoms with van der Waals surface area (Å²) >= 11 is 1.34. The fourth-order valence-electron chi connectivity index (χ4n) is 4.39. The molecule has 0 saturated heterocycles. The molecule has 0 amide bonds. The Labute approximate surface area is 188 Å². The number of hydrogen-bond donors (Lipinski definition) is 2. The zero-order valence-corrected chi connectivity index (χ0v) is 18.9. The van der Waals surface area contributed by atoms with Crippen molar-refractivity contribution in [3.05, 3.63) is 63.4 Å². The molecule has 0 saturated carbocycles. The average Bonchev–Trinajstić information content (AvgIpc) is 3.41. The molecule has 4 nitrogen and oxygen atoms in total. The van der Waals surface area contributed by atoms with E-state index in [0.29, 0.717) is 4.88 Å². The lowest BCUT2D eigenvalue weighted by molar-refractivity contribution is 0.0702. The van der Waals surface area contributed by atoms with E-state index in [2.05, 4.69) is 31.2 Å². The van der Waals surface area contributed by atoms with Gasteiger partial charge in [-0.2, -0.15) is 5.26 Å². The van der Waals surface area contributed by atoms with E-state index in [1.165, 1.54) is 16.9 Å². The Morgan fingerprint density at radius 2 is 1.97 bits per heavy atom. The van der Waals surface area contributed by atoms with Gasteiger partial charge in [-0.15, -0.1) is 11.3 Å². The zero-order valence-electron chi connectivity index (χ0n) is 18.1. The molecule has 1 heterocycles. The number of benzene rings is 1. The minimum absolute atomic E-state index is 0.00720. The van der Waals surface area contributed by atoms with Crippen molar-refractivity contribution in [1.82, 2.24) is 0 Å². The molecule has 3 rings (SSSR count). The van der Waals surface area contributed by atoms with E-state index in [-0.39, 0.29) is 11.8 Å². The SMILES string of the molecule is CCCCCC(O)c1ccc(C2=CCC(C#N)[C@@H]2CCCc2ccc(C(=O)O)s2)cc1. The Morgan fingerprint density at radius 1 is 1.19 bits per heavy atom. The van der Waals surface area contributed by atoms with Gasteiger partial charge >= 0.3 is 5.97 Å². The molecule has 31 heavy (non-hydrogen) atoms. The lowest BCUT2D eigenvalue weighted by atomic mass is 9.84. The molecule has 164 valence electrons. The number of unbranched alkanes of at least 4 members (excludes halogenated alkanes) is 2. The van der Waals surface area contributed by atoms with Gasteiger partial charge in [-0.05, 0) is 60.9 Å². The highest BCUT2D eigenvalue weighted by atomic mass is 32.1. The van der Waals surface area contributed by atoms with Crippen molar-refractivity contribution in [2.45, 2.75) is 64.4 Å². The summed E-state index contributed by atoms with van der Waals surface area (Å²) in [6, 6.07) is 14.2. The maximum absolute atomic E-state index is 11.1. The van der Waals surface area contributed by atoms with E-state index in [4.69, 9.17) is 5.11 Å². The van der Waals surface area contributed by atoms with Gasteiger partial charge in [0.2, 0.25) is 0 Å². The lowest BCUT2D eigenvalue weighted by Crippen LogP contribution is -2.10. The van der Waals surface area contributed by atoms with Crippen molar-refractivity contribution < 1.29 is 15.0 Å². The summed E-state index contributed by atoms with van der Waals surface area (Å²) in [5, 5.41) is 29.1. The Bertz CT molecular complexity index is 938. The molecule has 2 unspecified atom stereocenters. The van der Waals surface area contributed by atoms with E-state index >= 15 is 0 Å². The van der Waals surface area contributed by atoms with Crippen molar-refractivity contribution in [1.29, 1.82) is 5.26 Å². The third kappa shape index (κ3) is 6.06. The number of thiophene rings is 1. The second-order valence-corrected chi connectivity index (χ2v) is 9.50. The van der Waals surface area contributed by atoms with Crippen LogP contribution in [0.4, 0.5) is 0 Å². The summed E-state index contributed by atoms with van der Waals surface area (Å²) in [5.41, 5.74) is 3.33. The molecule has 0 fully saturated rings. The van der Waals surface area contributed by atoms with Gasteiger partial charge in [0.1, 0.15) is 4.88 Å². The van der Waals surface area contributed by atoms with Crippen molar-refractivity contribution in [2.24, 2.45) is 11.8 Å². The molecule has 1 aliphatic carbocycles. The predicted octanol–water partition coefficient (Wildman–Crippen LogP) is 6.63. The number of aryl methyl sites for hydroxylation is 1. The first kappa shape index (κ1) is 23.2. The number of carboxylic acids is 1. The molecule has 0 radical (unpaired) electrons. The zero-order chi connectivity index (χ0) is 22.2. The number of hydrogen-bond acceptors (Lipinski definition) is 4. The largest absolute Gasteiger partial charge is 0.477 e. The molecule has 3 atom stereocenters. The predicted molar refractivity (Wildman–Crippen MR) is 125 cm³/mol. The number of rotatable bonds is 11. The molecule has 2 N–H and O–H groups in total. The number of carboxylic acid groups (broad SMARTS) is 1. The molecule has 0 bridgehead atoms. The van der Waals surface area contributed by atoms with Crippen molar-refractivity contribution in [3.8, 4) is 6.07 Å². The van der Waals surface area contributed by atoms with Crippen LogP contribution in [0.15, 0.2) is 42.5 Å². The van der Waals surface area contributed by atoms with Gasteiger partial charge in [0, 0.05) is 10.8 Å². The summed E-state index contributed by atoms with van der Waals surface area (Å²) in [7, 11) is 0. The first-order chi connectivity index (χ1) is 15.0. The molecule has 1 aromatic heterocycles. The Morgan fingerprint density at radius 3 is 2.61 bits per heavy atom. The van der Waals surface area contributed by atoms with Gasteiger partial charge in [-0.1, -0.05) is 56.5 Å². The number of aliphatic hydroxyl groups is 1. The van der Waals surface area contributed by atoms with E-state index in [1.807, 2.05) is 18.2 Å². The van der Waals surface area contributed by atoms with Gasteiger partial charge in [-0.25, -0.2) is 4.79 Å². The second kappa shape index (κ2) is 11.3. The van der Waals surface area contributed by atoms with E-state index in [9.17, 15) is 15.2 Å². The summed E-state index contributed by atoms with van der Waals surface area (Å²) < 4.78 is 0. The van der Waals surface area contributed by atoms with Crippen molar-refractivity contribution >= 4 is 22.9 Å². The minimum Gasteiger partial charge on any atom is -0.477 e. The quantitative estimate of drug-likeness (QED) is 0.387. The number of nitriles is 1. The highest BCUT2D eigenvalue weighted by Gasteiger charge is 2.30. The molecule has 0 aliphatic heterocycles. The maximum atomic E-state index is 11.1. The van der Waals surface area contributed by atoms with E-state index in [0.717, 1.165) is 67.4 Å². The summed E-state index contributed by atoms with van der Waals surface area (Å²) in [5.74, 6) is -0.683. The smallest absolute Gasteiger partial charge is 0.345 e. The topological polar surface area (TPSA) is 81.3 Å².